The molecule has 1 rings (SSSR count). The Kier molecular flexibility index (Phi) is 6.51. The van der Waals surface area contributed by atoms with Crippen LogP contribution < -0.4 is 10.1 Å². The molecule has 0 aromatic heterocycles. The van der Waals surface area contributed by atoms with Crippen LogP contribution >= 0.6 is 0 Å². The largest absolute Gasteiger partial charge is 0.491 e. The van der Waals surface area contributed by atoms with E-state index in [1.54, 1.807) is 0 Å². The van der Waals surface area contributed by atoms with Gasteiger partial charge in [-0.05, 0) is 44.5 Å². The average molecular weight is 247 g/mol. The average Bonchev–Trinajstić information content (AvgIpc) is 2.30. The summed E-state index contributed by atoms with van der Waals surface area (Å²) in [7, 11) is 0. The molecule has 2 nitrogen and oxygen atoms in total. The minimum absolute atomic E-state index is 0.230. The van der Waals surface area contributed by atoms with Gasteiger partial charge in [-0.2, -0.15) is 0 Å². The molecular formula is C16H25NO. The Balaban J connectivity index is 2.36. The van der Waals surface area contributed by atoms with Gasteiger partial charge in [-0.15, -0.1) is 0 Å². The summed E-state index contributed by atoms with van der Waals surface area (Å²) in [6.45, 7) is 9.43. The maximum atomic E-state index is 5.60. The van der Waals surface area contributed by atoms with Crippen molar-refractivity contribution in [3.05, 3.63) is 35.9 Å². The van der Waals surface area contributed by atoms with Gasteiger partial charge in [0.2, 0.25) is 0 Å². The van der Waals surface area contributed by atoms with Crippen molar-refractivity contribution in [3.8, 4) is 5.75 Å². The second-order valence-electron chi connectivity index (χ2n) is 5.04. The summed E-state index contributed by atoms with van der Waals surface area (Å²) in [6, 6.07) is 8.78. The Bertz CT molecular complexity index is 352. The van der Waals surface area contributed by atoms with Crippen LogP contribution in [0, 0.1) is 0 Å². The third-order valence-corrected chi connectivity index (χ3v) is 2.43. The molecule has 0 heterocycles. The monoisotopic (exact) mass is 247 g/mol. The molecule has 0 aliphatic carbocycles. The molecular weight excluding hydrogens is 222 g/mol. The Morgan fingerprint density at radius 1 is 1.11 bits per heavy atom. The number of hydrogen-bond donors (Lipinski definition) is 1. The fraction of sp³-hybridized carbons (Fsp3) is 0.500. The van der Waals surface area contributed by atoms with Crippen molar-refractivity contribution in [2.24, 2.45) is 0 Å². The summed E-state index contributed by atoms with van der Waals surface area (Å²) >= 11 is 0. The first-order valence-corrected chi connectivity index (χ1v) is 6.74. The van der Waals surface area contributed by atoms with Gasteiger partial charge in [-0.25, -0.2) is 0 Å². The molecule has 1 aromatic carbocycles. The lowest BCUT2D eigenvalue weighted by atomic mass is 10.2. The predicted octanol–water partition coefficient (Wildman–Crippen LogP) is 3.88. The van der Waals surface area contributed by atoms with Crippen molar-refractivity contribution in [1.29, 1.82) is 0 Å². The molecule has 2 heteroatoms. The highest BCUT2D eigenvalue weighted by Crippen LogP contribution is 2.14. The maximum absolute atomic E-state index is 5.60. The molecule has 0 saturated heterocycles. The molecule has 0 aliphatic rings. The second kappa shape index (κ2) is 7.93. The molecule has 0 radical (unpaired) electrons. The van der Waals surface area contributed by atoms with Gasteiger partial charge in [0.25, 0.3) is 0 Å². The lowest BCUT2D eigenvalue weighted by Crippen LogP contribution is -2.23. The van der Waals surface area contributed by atoms with Gasteiger partial charge in [0.05, 0.1) is 6.10 Å². The summed E-state index contributed by atoms with van der Waals surface area (Å²) in [5, 5.41) is 3.39. The minimum Gasteiger partial charge on any atom is -0.491 e. The van der Waals surface area contributed by atoms with Gasteiger partial charge in [0, 0.05) is 6.04 Å². The van der Waals surface area contributed by atoms with E-state index in [-0.39, 0.29) is 6.10 Å². The van der Waals surface area contributed by atoms with Crippen LogP contribution in [0.15, 0.2) is 30.3 Å². The van der Waals surface area contributed by atoms with Crippen molar-refractivity contribution in [3.63, 3.8) is 0 Å². The molecule has 0 amide bonds. The van der Waals surface area contributed by atoms with Crippen molar-refractivity contribution >= 4 is 6.08 Å². The molecule has 100 valence electrons. The summed E-state index contributed by atoms with van der Waals surface area (Å²) in [4.78, 5) is 0. The highest BCUT2D eigenvalue weighted by Gasteiger charge is 1.96. The van der Waals surface area contributed by atoms with Crippen molar-refractivity contribution < 1.29 is 4.74 Å². The lowest BCUT2D eigenvalue weighted by molar-refractivity contribution is 0.242. The summed E-state index contributed by atoms with van der Waals surface area (Å²) in [6.07, 6.45) is 5.64. The van der Waals surface area contributed by atoms with E-state index < -0.39 is 0 Å². The first-order chi connectivity index (χ1) is 8.58. The summed E-state index contributed by atoms with van der Waals surface area (Å²) < 4.78 is 5.60. The third-order valence-electron chi connectivity index (χ3n) is 2.43. The zero-order valence-corrected chi connectivity index (χ0v) is 11.9. The van der Waals surface area contributed by atoms with Crippen molar-refractivity contribution in [2.45, 2.75) is 46.3 Å². The maximum Gasteiger partial charge on any atom is 0.119 e. The smallest absolute Gasteiger partial charge is 0.119 e. The van der Waals surface area contributed by atoms with Gasteiger partial charge in [0.1, 0.15) is 5.75 Å². The quantitative estimate of drug-likeness (QED) is 0.738. The number of rotatable bonds is 7. The third kappa shape index (κ3) is 6.45. The fourth-order valence-electron chi connectivity index (χ4n) is 1.60. The standard InChI is InChI=1S/C16H25NO/c1-13(2)17-12-6-5-7-15-8-10-16(11-9-15)18-14(3)4/h5,7-11,13-14,17H,6,12H2,1-4H3. The van der Waals surface area contributed by atoms with E-state index in [0.717, 1.165) is 18.7 Å². The van der Waals surface area contributed by atoms with Crippen LogP contribution in [-0.4, -0.2) is 18.7 Å². The van der Waals surface area contributed by atoms with Gasteiger partial charge in [0.15, 0.2) is 0 Å². The first kappa shape index (κ1) is 14.8. The van der Waals surface area contributed by atoms with E-state index in [9.17, 15) is 0 Å². The second-order valence-corrected chi connectivity index (χ2v) is 5.04. The van der Waals surface area contributed by atoms with Gasteiger partial charge >= 0.3 is 0 Å². The van der Waals surface area contributed by atoms with Crippen LogP contribution in [0.1, 0.15) is 39.7 Å². The fourth-order valence-corrected chi connectivity index (χ4v) is 1.60. The molecule has 0 fully saturated rings. The number of ether oxygens (including phenoxy) is 1. The molecule has 0 bridgehead atoms. The van der Waals surface area contributed by atoms with E-state index in [2.05, 4.69) is 43.4 Å². The van der Waals surface area contributed by atoms with Crippen LogP contribution in [0.5, 0.6) is 5.75 Å². The molecule has 0 atom stereocenters. The molecule has 0 spiro atoms. The molecule has 0 saturated carbocycles. The van der Waals surface area contributed by atoms with E-state index >= 15 is 0 Å². The van der Waals surface area contributed by atoms with Crippen LogP contribution in [0.25, 0.3) is 6.08 Å². The van der Waals surface area contributed by atoms with E-state index in [1.807, 2.05) is 26.0 Å². The number of hydrogen-bond acceptors (Lipinski definition) is 2. The Morgan fingerprint density at radius 2 is 1.78 bits per heavy atom. The van der Waals surface area contributed by atoms with Crippen LogP contribution in [0.2, 0.25) is 0 Å². The highest BCUT2D eigenvalue weighted by molar-refractivity contribution is 5.50. The Labute approximate surface area is 111 Å². The first-order valence-electron chi connectivity index (χ1n) is 6.74. The zero-order chi connectivity index (χ0) is 13.4. The van der Waals surface area contributed by atoms with E-state index in [1.165, 1.54) is 5.56 Å². The van der Waals surface area contributed by atoms with Crippen LogP contribution in [0.3, 0.4) is 0 Å². The summed E-state index contributed by atoms with van der Waals surface area (Å²) in [5.74, 6) is 0.934. The molecule has 1 N–H and O–H groups in total. The molecule has 18 heavy (non-hydrogen) atoms. The Morgan fingerprint density at radius 3 is 2.33 bits per heavy atom. The molecule has 1 aromatic rings. The lowest BCUT2D eigenvalue weighted by Gasteiger charge is -2.09. The number of benzene rings is 1. The van der Waals surface area contributed by atoms with Gasteiger partial charge in [-0.1, -0.05) is 38.1 Å². The predicted molar refractivity (Wildman–Crippen MR) is 79.0 cm³/mol. The normalized spacial score (nSPS) is 11.7. The van der Waals surface area contributed by atoms with Gasteiger partial charge < -0.3 is 10.1 Å². The SMILES string of the molecule is CC(C)NCCC=Cc1ccc(OC(C)C)cc1. The number of nitrogens with one attached hydrogen (secondary N) is 1. The zero-order valence-electron chi connectivity index (χ0n) is 11.9. The van der Waals surface area contributed by atoms with Crippen LogP contribution in [-0.2, 0) is 0 Å². The van der Waals surface area contributed by atoms with E-state index in [0.29, 0.717) is 6.04 Å². The topological polar surface area (TPSA) is 21.3 Å². The van der Waals surface area contributed by atoms with Crippen molar-refractivity contribution in [1.82, 2.24) is 5.32 Å². The molecule has 0 aliphatic heterocycles. The minimum atomic E-state index is 0.230. The van der Waals surface area contributed by atoms with E-state index in [4.69, 9.17) is 4.74 Å². The molecule has 0 unspecified atom stereocenters. The van der Waals surface area contributed by atoms with Gasteiger partial charge in [-0.3, -0.25) is 0 Å². The highest BCUT2D eigenvalue weighted by atomic mass is 16.5. The van der Waals surface area contributed by atoms with Crippen molar-refractivity contribution in [2.75, 3.05) is 6.54 Å². The Hall–Kier alpha value is -1.28. The van der Waals surface area contributed by atoms with Crippen LogP contribution in [0.4, 0.5) is 0 Å². The summed E-state index contributed by atoms with van der Waals surface area (Å²) in [5.41, 5.74) is 1.22.